The van der Waals surface area contributed by atoms with E-state index in [4.69, 9.17) is 17.3 Å². The van der Waals surface area contributed by atoms with E-state index >= 15 is 0 Å². The van der Waals surface area contributed by atoms with E-state index in [1.54, 1.807) is 23.1 Å². The van der Waals surface area contributed by atoms with Gasteiger partial charge in [0.1, 0.15) is 0 Å². The molecule has 14 heavy (non-hydrogen) atoms. The van der Waals surface area contributed by atoms with Crippen molar-refractivity contribution in [2.75, 3.05) is 5.73 Å². The Bertz CT molecular complexity index is 422. The number of anilines is 1. The van der Waals surface area contributed by atoms with E-state index < -0.39 is 0 Å². The van der Waals surface area contributed by atoms with Crippen LogP contribution >= 0.6 is 34.7 Å². The first-order chi connectivity index (χ1) is 6.74. The van der Waals surface area contributed by atoms with Crippen molar-refractivity contribution in [1.29, 1.82) is 0 Å². The lowest BCUT2D eigenvalue weighted by Crippen LogP contribution is -1.81. The van der Waals surface area contributed by atoms with Crippen LogP contribution in [0.25, 0.3) is 0 Å². The molecule has 0 unspecified atom stereocenters. The summed E-state index contributed by atoms with van der Waals surface area (Å²) in [7, 11) is 0. The van der Waals surface area contributed by atoms with Crippen molar-refractivity contribution in [2.24, 2.45) is 0 Å². The average molecular weight is 242 g/mol. The van der Waals surface area contributed by atoms with E-state index in [1.807, 2.05) is 36.4 Å². The minimum absolute atomic E-state index is 0.790. The number of halogens is 1. The van der Waals surface area contributed by atoms with E-state index in [0.717, 1.165) is 10.0 Å². The summed E-state index contributed by atoms with van der Waals surface area (Å²) in [5.41, 5.74) is 6.39. The molecule has 1 nitrogen and oxygen atoms in total. The molecule has 0 radical (unpaired) electrons. The van der Waals surface area contributed by atoms with Gasteiger partial charge in [-0.25, -0.2) is 0 Å². The summed E-state index contributed by atoms with van der Waals surface area (Å²) in [4.78, 5) is 1.18. The number of hydrogen-bond donors (Lipinski definition) is 1. The van der Waals surface area contributed by atoms with Gasteiger partial charge in [-0.1, -0.05) is 23.4 Å². The minimum atomic E-state index is 0.790. The van der Waals surface area contributed by atoms with Crippen LogP contribution in [0.5, 0.6) is 0 Å². The maximum atomic E-state index is 5.84. The molecule has 0 amide bonds. The molecule has 2 N–H and O–H groups in total. The summed E-state index contributed by atoms with van der Waals surface area (Å²) in [6, 6.07) is 11.7. The normalized spacial score (nSPS) is 10.4. The van der Waals surface area contributed by atoms with Crippen LogP contribution in [0, 0.1) is 0 Å². The quantitative estimate of drug-likeness (QED) is 0.800. The highest BCUT2D eigenvalue weighted by atomic mass is 35.5. The monoisotopic (exact) mass is 241 g/mol. The molecule has 4 heteroatoms. The van der Waals surface area contributed by atoms with Crippen molar-refractivity contribution in [3.63, 3.8) is 0 Å². The highest BCUT2D eigenvalue weighted by Gasteiger charge is 2.00. The van der Waals surface area contributed by atoms with Crippen molar-refractivity contribution in [1.82, 2.24) is 0 Å². The Hall–Kier alpha value is -0.640. The van der Waals surface area contributed by atoms with Gasteiger partial charge in [-0.05, 0) is 36.4 Å². The van der Waals surface area contributed by atoms with Gasteiger partial charge in [-0.3, -0.25) is 0 Å². The van der Waals surface area contributed by atoms with Crippen LogP contribution in [-0.2, 0) is 0 Å². The number of rotatable bonds is 2. The zero-order valence-electron chi connectivity index (χ0n) is 7.24. The molecule has 1 aromatic heterocycles. The maximum absolute atomic E-state index is 5.84. The first kappa shape index (κ1) is 9.90. The third-order valence-electron chi connectivity index (χ3n) is 1.65. The topological polar surface area (TPSA) is 26.0 Å². The Balaban J connectivity index is 2.15. The molecule has 1 aromatic carbocycles. The molecule has 0 saturated carbocycles. The fourth-order valence-electron chi connectivity index (χ4n) is 1.00. The molecule has 0 aliphatic heterocycles. The largest absolute Gasteiger partial charge is 0.399 e. The summed E-state index contributed by atoms with van der Waals surface area (Å²) in [6.07, 6.45) is 0. The van der Waals surface area contributed by atoms with Crippen LogP contribution in [0.3, 0.4) is 0 Å². The fourth-order valence-corrected chi connectivity index (χ4v) is 3.28. The number of nitrogen functional groups attached to an aromatic ring is 1. The highest BCUT2D eigenvalue weighted by Crippen LogP contribution is 2.35. The van der Waals surface area contributed by atoms with Gasteiger partial charge in [0.15, 0.2) is 0 Å². The maximum Gasteiger partial charge on any atom is 0.0940 e. The van der Waals surface area contributed by atoms with Gasteiger partial charge in [0.05, 0.1) is 8.55 Å². The van der Waals surface area contributed by atoms with Crippen molar-refractivity contribution in [3.8, 4) is 0 Å². The van der Waals surface area contributed by atoms with Crippen LogP contribution in [0.2, 0.25) is 4.34 Å². The molecular formula is C10H8ClNS2. The molecule has 0 aliphatic rings. The van der Waals surface area contributed by atoms with E-state index in [9.17, 15) is 0 Å². The summed E-state index contributed by atoms with van der Waals surface area (Å²) >= 11 is 9.12. The zero-order valence-corrected chi connectivity index (χ0v) is 9.62. The van der Waals surface area contributed by atoms with Crippen LogP contribution in [-0.4, -0.2) is 0 Å². The lowest BCUT2D eigenvalue weighted by Gasteiger charge is -1.98. The molecule has 0 atom stereocenters. The predicted octanol–water partition coefficient (Wildman–Crippen LogP) is 4.13. The number of hydrogen-bond acceptors (Lipinski definition) is 3. The SMILES string of the molecule is Nc1ccc(Sc2ccc(Cl)s2)cc1. The van der Waals surface area contributed by atoms with Crippen LogP contribution in [0.15, 0.2) is 45.5 Å². The molecule has 0 saturated heterocycles. The second kappa shape index (κ2) is 4.26. The standard InChI is InChI=1S/C10H8ClNS2/c11-9-5-6-10(14-9)13-8-3-1-7(12)2-4-8/h1-6H,12H2. The molecule has 2 rings (SSSR count). The van der Waals surface area contributed by atoms with Crippen LogP contribution < -0.4 is 5.73 Å². The molecular weight excluding hydrogens is 234 g/mol. The first-order valence-electron chi connectivity index (χ1n) is 4.03. The highest BCUT2D eigenvalue weighted by molar-refractivity contribution is 8.01. The van der Waals surface area contributed by atoms with Gasteiger partial charge in [-0.15, -0.1) is 11.3 Å². The number of nitrogens with two attached hydrogens (primary N) is 1. The Labute approximate surface area is 95.9 Å². The van der Waals surface area contributed by atoms with Gasteiger partial charge in [0.25, 0.3) is 0 Å². The smallest absolute Gasteiger partial charge is 0.0940 e. The summed E-state index contributed by atoms with van der Waals surface area (Å²) < 4.78 is 2.02. The second-order valence-electron chi connectivity index (χ2n) is 2.73. The van der Waals surface area contributed by atoms with Crippen molar-refractivity contribution < 1.29 is 0 Å². The Morgan fingerprint density at radius 3 is 2.36 bits per heavy atom. The predicted molar refractivity (Wildman–Crippen MR) is 64.3 cm³/mol. The van der Waals surface area contributed by atoms with E-state index in [0.29, 0.717) is 0 Å². The average Bonchev–Trinajstić information content (AvgIpc) is 2.56. The van der Waals surface area contributed by atoms with Gasteiger partial charge in [-0.2, -0.15) is 0 Å². The summed E-state index contributed by atoms with van der Waals surface area (Å²) in [5, 5.41) is 0. The van der Waals surface area contributed by atoms with Crippen LogP contribution in [0.4, 0.5) is 5.69 Å². The van der Waals surface area contributed by atoms with Gasteiger partial charge < -0.3 is 5.73 Å². The summed E-state index contributed by atoms with van der Waals surface area (Å²) in [6.45, 7) is 0. The molecule has 2 aromatic rings. The third-order valence-corrected chi connectivity index (χ3v) is 4.02. The van der Waals surface area contributed by atoms with Crippen LogP contribution in [0.1, 0.15) is 0 Å². The third kappa shape index (κ3) is 2.44. The molecule has 0 bridgehead atoms. The van der Waals surface area contributed by atoms with E-state index in [-0.39, 0.29) is 0 Å². The first-order valence-corrected chi connectivity index (χ1v) is 6.04. The lowest BCUT2D eigenvalue weighted by atomic mass is 10.3. The molecule has 0 aliphatic carbocycles. The molecule has 72 valence electrons. The van der Waals surface area contributed by atoms with E-state index in [1.165, 1.54) is 9.10 Å². The second-order valence-corrected chi connectivity index (χ2v) is 5.82. The summed E-state index contributed by atoms with van der Waals surface area (Å²) in [5.74, 6) is 0. The van der Waals surface area contributed by atoms with Crippen molar-refractivity contribution in [3.05, 3.63) is 40.7 Å². The number of thiophene rings is 1. The van der Waals surface area contributed by atoms with Gasteiger partial charge >= 0.3 is 0 Å². The molecule has 0 spiro atoms. The van der Waals surface area contributed by atoms with Gasteiger partial charge in [0.2, 0.25) is 0 Å². The Kier molecular flexibility index (Phi) is 3.01. The Morgan fingerprint density at radius 2 is 1.79 bits per heavy atom. The minimum Gasteiger partial charge on any atom is -0.399 e. The van der Waals surface area contributed by atoms with Gasteiger partial charge in [0, 0.05) is 10.6 Å². The van der Waals surface area contributed by atoms with Crippen molar-refractivity contribution >= 4 is 40.4 Å². The molecule has 0 fully saturated rings. The Morgan fingerprint density at radius 1 is 1.07 bits per heavy atom. The van der Waals surface area contributed by atoms with E-state index in [2.05, 4.69) is 0 Å². The fraction of sp³-hybridized carbons (Fsp3) is 0. The number of benzene rings is 1. The molecule has 1 heterocycles. The van der Waals surface area contributed by atoms with Crippen molar-refractivity contribution in [2.45, 2.75) is 9.10 Å². The lowest BCUT2D eigenvalue weighted by molar-refractivity contribution is 1.46. The zero-order chi connectivity index (χ0) is 9.97.